The largest absolute Gasteiger partial charge is 0.355 e. The summed E-state index contributed by atoms with van der Waals surface area (Å²) in [6.45, 7) is 0.791. The zero-order valence-corrected chi connectivity index (χ0v) is 18.0. The van der Waals surface area contributed by atoms with Crippen molar-refractivity contribution in [3.63, 3.8) is 0 Å². The number of benzene rings is 2. The van der Waals surface area contributed by atoms with Gasteiger partial charge in [-0.3, -0.25) is 9.59 Å². The normalized spacial score (nSPS) is 10.6. The van der Waals surface area contributed by atoms with Crippen LogP contribution in [-0.4, -0.2) is 38.9 Å². The number of hydrogen-bond donors (Lipinski definition) is 2. The first-order valence-corrected chi connectivity index (χ1v) is 10.8. The van der Waals surface area contributed by atoms with Gasteiger partial charge in [-0.05, 0) is 24.1 Å². The summed E-state index contributed by atoms with van der Waals surface area (Å²) in [5, 5.41) is 14.9. The Kier molecular flexibility index (Phi) is 7.87. The van der Waals surface area contributed by atoms with Crippen LogP contribution in [0.15, 0.2) is 59.8 Å². The van der Waals surface area contributed by atoms with Gasteiger partial charge in [-0.1, -0.05) is 65.8 Å². The van der Waals surface area contributed by atoms with Crippen molar-refractivity contribution in [1.29, 1.82) is 0 Å². The van der Waals surface area contributed by atoms with Gasteiger partial charge in [-0.15, -0.1) is 10.2 Å². The molecule has 0 aliphatic carbocycles. The fourth-order valence-electron chi connectivity index (χ4n) is 2.70. The van der Waals surface area contributed by atoms with Gasteiger partial charge in [0.2, 0.25) is 5.91 Å². The molecule has 0 unspecified atom stereocenters. The molecule has 0 bridgehead atoms. The minimum absolute atomic E-state index is 0.0625. The number of aromatic nitrogens is 3. The summed E-state index contributed by atoms with van der Waals surface area (Å²) in [6, 6.07) is 16.8. The Morgan fingerprint density at radius 2 is 1.77 bits per heavy atom. The second-order valence-corrected chi connectivity index (χ2v) is 7.84. The lowest BCUT2D eigenvalue weighted by molar-refractivity contribution is -0.118. The first-order chi connectivity index (χ1) is 14.5. The molecule has 0 fully saturated rings. The molecule has 2 aromatic carbocycles. The van der Waals surface area contributed by atoms with Gasteiger partial charge < -0.3 is 15.2 Å². The van der Waals surface area contributed by atoms with Crippen LogP contribution in [0.3, 0.4) is 0 Å². The minimum Gasteiger partial charge on any atom is -0.355 e. The van der Waals surface area contributed by atoms with Gasteiger partial charge in [-0.2, -0.15) is 0 Å². The number of amides is 2. The smallest absolute Gasteiger partial charge is 0.253 e. The predicted octanol–water partition coefficient (Wildman–Crippen LogP) is 2.85. The first kappa shape index (κ1) is 21.9. The van der Waals surface area contributed by atoms with Gasteiger partial charge in [0.15, 0.2) is 11.0 Å². The summed E-state index contributed by atoms with van der Waals surface area (Å²) in [5.74, 6) is 0.484. The molecule has 0 aliphatic rings. The van der Waals surface area contributed by atoms with E-state index in [-0.39, 0.29) is 24.1 Å². The van der Waals surface area contributed by atoms with E-state index in [1.54, 1.807) is 35.9 Å². The second-order valence-electron chi connectivity index (χ2n) is 6.49. The lowest BCUT2D eigenvalue weighted by atomic mass is 10.1. The van der Waals surface area contributed by atoms with Crippen LogP contribution >= 0.6 is 23.4 Å². The summed E-state index contributed by atoms with van der Waals surface area (Å²) < 4.78 is 1.76. The lowest BCUT2D eigenvalue weighted by Crippen LogP contribution is -2.27. The first-order valence-electron chi connectivity index (χ1n) is 9.39. The topological polar surface area (TPSA) is 88.9 Å². The number of halogens is 1. The van der Waals surface area contributed by atoms with E-state index >= 15 is 0 Å². The van der Waals surface area contributed by atoms with E-state index in [4.69, 9.17) is 11.6 Å². The predicted molar refractivity (Wildman–Crippen MR) is 118 cm³/mol. The van der Waals surface area contributed by atoms with E-state index in [0.717, 1.165) is 6.42 Å². The van der Waals surface area contributed by atoms with Crippen LogP contribution in [0.5, 0.6) is 0 Å². The molecular weight excluding hydrogens is 422 g/mol. The van der Waals surface area contributed by atoms with Crippen LogP contribution in [0.2, 0.25) is 5.02 Å². The zero-order chi connectivity index (χ0) is 21.3. The highest BCUT2D eigenvalue weighted by molar-refractivity contribution is 7.99. The molecule has 0 saturated carbocycles. The average Bonchev–Trinajstić information content (AvgIpc) is 3.11. The molecule has 9 heteroatoms. The molecule has 0 atom stereocenters. The molecule has 2 amide bonds. The number of nitrogens with one attached hydrogen (secondary N) is 2. The fourth-order valence-corrected chi connectivity index (χ4v) is 3.68. The van der Waals surface area contributed by atoms with E-state index in [9.17, 15) is 9.59 Å². The maximum atomic E-state index is 12.3. The van der Waals surface area contributed by atoms with Gasteiger partial charge in [0.25, 0.3) is 5.91 Å². The van der Waals surface area contributed by atoms with Crippen LogP contribution in [0.25, 0.3) is 0 Å². The third-order valence-electron chi connectivity index (χ3n) is 4.36. The second kappa shape index (κ2) is 10.8. The summed E-state index contributed by atoms with van der Waals surface area (Å²) >= 11 is 7.34. The van der Waals surface area contributed by atoms with Crippen LogP contribution in [0, 0.1) is 0 Å². The number of hydrogen-bond acceptors (Lipinski definition) is 5. The van der Waals surface area contributed by atoms with Crippen molar-refractivity contribution < 1.29 is 9.59 Å². The Morgan fingerprint density at radius 3 is 2.53 bits per heavy atom. The Labute approximate surface area is 184 Å². The number of carbonyl (C=O) groups excluding carboxylic acids is 2. The van der Waals surface area contributed by atoms with Gasteiger partial charge in [0.05, 0.1) is 22.9 Å². The van der Waals surface area contributed by atoms with Gasteiger partial charge in [0, 0.05) is 13.6 Å². The average molecular weight is 444 g/mol. The van der Waals surface area contributed by atoms with Crippen LogP contribution in [-0.2, 0) is 24.8 Å². The summed E-state index contributed by atoms with van der Waals surface area (Å²) in [7, 11) is 1.80. The summed E-state index contributed by atoms with van der Waals surface area (Å²) in [5.41, 5.74) is 1.59. The lowest BCUT2D eigenvalue weighted by Gasteiger charge is -2.07. The van der Waals surface area contributed by atoms with E-state index in [2.05, 4.69) is 20.8 Å². The molecule has 0 radical (unpaired) electrons. The molecule has 0 aliphatic heterocycles. The highest BCUT2D eigenvalue weighted by Crippen LogP contribution is 2.16. The molecule has 0 spiro atoms. The Bertz CT molecular complexity index is 1010. The molecule has 7 nitrogen and oxygen atoms in total. The van der Waals surface area contributed by atoms with Crippen molar-refractivity contribution in [1.82, 2.24) is 25.4 Å². The molecular formula is C21H22ClN5O2S. The third-order valence-corrected chi connectivity index (χ3v) is 5.71. The number of carbonyl (C=O) groups is 2. The standard InChI is InChI=1S/C21H22ClN5O2S/c1-27-18(13-24-20(29)16-9-5-6-10-17(16)22)25-26-21(27)30-14-19(28)23-12-11-15-7-3-2-4-8-15/h2-10H,11-14H2,1H3,(H,23,28)(H,24,29). The molecule has 30 heavy (non-hydrogen) atoms. The van der Waals surface area contributed by atoms with E-state index in [0.29, 0.717) is 28.1 Å². The van der Waals surface area contributed by atoms with Crippen LogP contribution < -0.4 is 10.6 Å². The number of thioether (sulfide) groups is 1. The Balaban J connectivity index is 1.44. The van der Waals surface area contributed by atoms with Gasteiger partial charge in [0.1, 0.15) is 0 Å². The van der Waals surface area contributed by atoms with E-state index in [1.165, 1.54) is 17.3 Å². The Hall–Kier alpha value is -2.84. The van der Waals surface area contributed by atoms with Crippen molar-refractivity contribution in [3.05, 3.63) is 76.6 Å². The molecule has 1 heterocycles. The van der Waals surface area contributed by atoms with Crippen molar-refractivity contribution in [2.24, 2.45) is 7.05 Å². The summed E-state index contributed by atoms with van der Waals surface area (Å²) in [4.78, 5) is 24.3. The van der Waals surface area contributed by atoms with Gasteiger partial charge >= 0.3 is 0 Å². The minimum atomic E-state index is -0.282. The van der Waals surface area contributed by atoms with Crippen molar-refractivity contribution in [2.45, 2.75) is 18.1 Å². The van der Waals surface area contributed by atoms with E-state index < -0.39 is 0 Å². The summed E-state index contributed by atoms with van der Waals surface area (Å²) in [6.07, 6.45) is 0.788. The highest BCUT2D eigenvalue weighted by atomic mass is 35.5. The quantitative estimate of drug-likeness (QED) is 0.496. The van der Waals surface area contributed by atoms with Crippen molar-refractivity contribution in [3.8, 4) is 0 Å². The molecule has 3 rings (SSSR count). The molecule has 3 aromatic rings. The monoisotopic (exact) mass is 443 g/mol. The number of rotatable bonds is 9. The maximum absolute atomic E-state index is 12.3. The molecule has 1 aromatic heterocycles. The molecule has 0 saturated heterocycles. The van der Waals surface area contributed by atoms with Crippen molar-refractivity contribution >= 4 is 35.2 Å². The molecule has 2 N–H and O–H groups in total. The van der Waals surface area contributed by atoms with Crippen LogP contribution in [0.4, 0.5) is 0 Å². The highest BCUT2D eigenvalue weighted by Gasteiger charge is 2.14. The van der Waals surface area contributed by atoms with Crippen molar-refractivity contribution in [2.75, 3.05) is 12.3 Å². The number of nitrogens with zero attached hydrogens (tertiary/aromatic N) is 3. The maximum Gasteiger partial charge on any atom is 0.253 e. The molecule has 156 valence electrons. The van der Waals surface area contributed by atoms with Gasteiger partial charge in [-0.25, -0.2) is 0 Å². The third kappa shape index (κ3) is 6.08. The fraction of sp³-hybridized carbons (Fsp3) is 0.238. The van der Waals surface area contributed by atoms with E-state index in [1.807, 2.05) is 30.3 Å². The SMILES string of the molecule is Cn1c(CNC(=O)c2ccccc2Cl)nnc1SCC(=O)NCCc1ccccc1. The van der Waals surface area contributed by atoms with Crippen LogP contribution in [0.1, 0.15) is 21.7 Å². The zero-order valence-electron chi connectivity index (χ0n) is 16.5. The Morgan fingerprint density at radius 1 is 1.03 bits per heavy atom.